The van der Waals surface area contributed by atoms with Crippen LogP contribution >= 0.6 is 15.9 Å². The van der Waals surface area contributed by atoms with Crippen molar-refractivity contribution in [1.82, 2.24) is 20.0 Å². The minimum absolute atomic E-state index is 0.0122. The first-order chi connectivity index (χ1) is 17.6. The Morgan fingerprint density at radius 3 is 2.69 bits per heavy atom. The predicted molar refractivity (Wildman–Crippen MR) is 142 cm³/mol. The maximum atomic E-state index is 13.8. The number of pyridine rings is 1. The summed E-state index contributed by atoms with van der Waals surface area (Å²) in [6.45, 7) is 7.00. The molecule has 2 heterocycles. The highest BCUT2D eigenvalue weighted by Gasteiger charge is 2.27. The van der Waals surface area contributed by atoms with E-state index in [0.717, 1.165) is 18.2 Å². The molecule has 0 saturated heterocycles. The van der Waals surface area contributed by atoms with Crippen LogP contribution in [0.1, 0.15) is 63.9 Å². The number of nitriles is 1. The van der Waals surface area contributed by atoms with Crippen molar-refractivity contribution in [2.45, 2.75) is 45.7 Å². The van der Waals surface area contributed by atoms with E-state index in [4.69, 9.17) is 0 Å². The summed E-state index contributed by atoms with van der Waals surface area (Å²) < 4.78 is 25.8. The Hall–Kier alpha value is -3.51. The van der Waals surface area contributed by atoms with Gasteiger partial charge in [0.2, 0.25) is 0 Å². The van der Waals surface area contributed by atoms with Crippen LogP contribution in [0.25, 0.3) is 10.9 Å². The first-order valence-electron chi connectivity index (χ1n) is 12.3. The van der Waals surface area contributed by atoms with Gasteiger partial charge in [0.25, 0.3) is 0 Å². The molecule has 1 atom stereocenters. The summed E-state index contributed by atoms with van der Waals surface area (Å²) in [5.74, 6) is -0.383. The van der Waals surface area contributed by atoms with Gasteiger partial charge in [-0.15, -0.1) is 5.10 Å². The van der Waals surface area contributed by atoms with Crippen LogP contribution in [0.2, 0.25) is 0 Å². The summed E-state index contributed by atoms with van der Waals surface area (Å²) >= 11 is 3.62. The van der Waals surface area contributed by atoms with E-state index in [9.17, 15) is 11.0 Å². The Balaban J connectivity index is 1.62. The van der Waals surface area contributed by atoms with Crippen molar-refractivity contribution in [3.05, 3.63) is 75.9 Å². The van der Waals surface area contributed by atoms with Gasteiger partial charge in [-0.3, -0.25) is 4.98 Å². The molecule has 7 nitrogen and oxygen atoms in total. The SMILES string of the molecule is [2H]C(Nc1cc(Br)c2ncc(C#N)c(NCC(C)(C)C)c2c1)(c1ccc(F)cc1)c1cn(C2CC2)nn1. The standard InChI is InChI=1S/C27H27BrFN7/c1-27(2,3)15-32-24-17(12-30)13-31-26-21(24)10-19(11-22(26)28)33-25(16-4-6-18(29)7-5-16)23-14-36(35-34-23)20-8-9-20/h4-7,10-11,13-14,20,25,33H,8-9,15H2,1-3H3,(H,31,32)/i25D. The highest BCUT2D eigenvalue weighted by atomic mass is 79.9. The van der Waals surface area contributed by atoms with Crippen LogP contribution in [-0.4, -0.2) is 26.5 Å². The van der Waals surface area contributed by atoms with Gasteiger partial charge in [-0.25, -0.2) is 9.07 Å². The van der Waals surface area contributed by atoms with Crippen molar-refractivity contribution >= 4 is 38.2 Å². The van der Waals surface area contributed by atoms with Gasteiger partial charge in [-0.2, -0.15) is 5.26 Å². The first kappa shape index (κ1) is 22.9. The van der Waals surface area contributed by atoms with Crippen molar-refractivity contribution < 1.29 is 5.76 Å². The Labute approximate surface area is 219 Å². The molecule has 36 heavy (non-hydrogen) atoms. The van der Waals surface area contributed by atoms with E-state index in [0.29, 0.717) is 50.8 Å². The fraction of sp³-hybridized carbons (Fsp3) is 0.333. The lowest BCUT2D eigenvalue weighted by atomic mass is 9.96. The number of aromatic nitrogens is 4. The number of hydrogen-bond donors (Lipinski definition) is 2. The maximum Gasteiger partial charge on any atom is 0.123 e. The van der Waals surface area contributed by atoms with E-state index >= 15 is 0 Å². The first-order valence-corrected chi connectivity index (χ1v) is 12.6. The lowest BCUT2D eigenvalue weighted by Gasteiger charge is -2.22. The molecule has 0 aliphatic heterocycles. The van der Waals surface area contributed by atoms with Gasteiger partial charge >= 0.3 is 0 Å². The lowest BCUT2D eigenvalue weighted by Crippen LogP contribution is -2.20. The highest BCUT2D eigenvalue weighted by Crippen LogP contribution is 2.37. The normalized spacial score (nSPS) is 15.7. The monoisotopic (exact) mass is 548 g/mol. The zero-order valence-electron chi connectivity index (χ0n) is 21.3. The molecule has 1 aliphatic rings. The summed E-state index contributed by atoms with van der Waals surface area (Å²) in [5.41, 5.74) is 3.32. The molecular formula is C27H27BrFN7. The number of nitrogens with zero attached hydrogens (tertiary/aromatic N) is 5. The molecule has 184 valence electrons. The number of fused-ring (bicyclic) bond motifs is 1. The fourth-order valence-corrected chi connectivity index (χ4v) is 4.48. The predicted octanol–water partition coefficient (Wildman–Crippen LogP) is 6.59. The molecule has 0 amide bonds. The highest BCUT2D eigenvalue weighted by molar-refractivity contribution is 9.10. The maximum absolute atomic E-state index is 13.8. The number of halogens is 2. The largest absolute Gasteiger partial charge is 0.383 e. The zero-order chi connectivity index (χ0) is 26.4. The van der Waals surface area contributed by atoms with Gasteiger partial charge < -0.3 is 10.6 Å². The number of anilines is 2. The minimum atomic E-state index is -1.55. The molecular weight excluding hydrogens is 521 g/mol. The van der Waals surface area contributed by atoms with E-state index < -0.39 is 6.02 Å². The summed E-state index contributed by atoms with van der Waals surface area (Å²) in [7, 11) is 0. The van der Waals surface area contributed by atoms with E-state index in [1.807, 2.05) is 12.1 Å². The Morgan fingerprint density at radius 2 is 2.03 bits per heavy atom. The summed E-state index contributed by atoms with van der Waals surface area (Å²) in [4.78, 5) is 4.50. The Kier molecular flexibility index (Phi) is 6.05. The summed E-state index contributed by atoms with van der Waals surface area (Å²) in [6, 6.07) is 10.5. The molecule has 0 radical (unpaired) electrons. The number of rotatable bonds is 7. The smallest absolute Gasteiger partial charge is 0.123 e. The summed E-state index contributed by atoms with van der Waals surface area (Å²) in [5, 5.41) is 25.8. The third-order valence-corrected chi connectivity index (χ3v) is 6.53. The van der Waals surface area contributed by atoms with Crippen LogP contribution in [0, 0.1) is 22.6 Å². The van der Waals surface area contributed by atoms with Crippen molar-refractivity contribution in [2.24, 2.45) is 5.41 Å². The molecule has 1 aliphatic carbocycles. The average molecular weight is 549 g/mol. The van der Waals surface area contributed by atoms with Gasteiger partial charge in [0.05, 0.1) is 36.4 Å². The molecule has 0 spiro atoms. The van der Waals surface area contributed by atoms with Crippen LogP contribution in [0.4, 0.5) is 15.8 Å². The Bertz CT molecular complexity index is 1500. The second-order valence-corrected chi connectivity index (χ2v) is 11.1. The third kappa shape index (κ3) is 5.19. The van der Waals surface area contributed by atoms with Crippen LogP contribution in [0.15, 0.2) is 53.3 Å². The average Bonchev–Trinajstić information content (AvgIpc) is 3.58. The molecule has 1 saturated carbocycles. The third-order valence-electron chi connectivity index (χ3n) is 5.93. The van der Waals surface area contributed by atoms with Crippen LogP contribution in [-0.2, 0) is 0 Å². The molecule has 0 bridgehead atoms. The van der Waals surface area contributed by atoms with Gasteiger partial charge in [-0.1, -0.05) is 38.1 Å². The van der Waals surface area contributed by atoms with Crippen LogP contribution in [0.3, 0.4) is 0 Å². The van der Waals surface area contributed by atoms with Crippen molar-refractivity contribution in [1.29, 1.82) is 5.26 Å². The molecule has 1 unspecified atom stereocenters. The molecule has 2 N–H and O–H groups in total. The number of benzene rings is 2. The molecule has 5 rings (SSSR count). The van der Waals surface area contributed by atoms with Crippen molar-refractivity contribution in [2.75, 3.05) is 17.2 Å². The minimum Gasteiger partial charge on any atom is -0.383 e. The molecule has 2 aromatic carbocycles. The van der Waals surface area contributed by atoms with Gasteiger partial charge in [0, 0.05) is 28.3 Å². The second-order valence-electron chi connectivity index (χ2n) is 10.2. The van der Waals surface area contributed by atoms with E-state index in [-0.39, 0.29) is 11.2 Å². The lowest BCUT2D eigenvalue weighted by molar-refractivity contribution is 0.443. The summed E-state index contributed by atoms with van der Waals surface area (Å²) in [6.07, 6.45) is 5.42. The zero-order valence-corrected chi connectivity index (χ0v) is 21.9. The Morgan fingerprint density at radius 1 is 1.28 bits per heavy atom. The van der Waals surface area contributed by atoms with Gasteiger partial charge in [0.1, 0.15) is 17.6 Å². The molecule has 2 aromatic heterocycles. The van der Waals surface area contributed by atoms with E-state index in [1.54, 1.807) is 29.2 Å². The van der Waals surface area contributed by atoms with Crippen LogP contribution in [0.5, 0.6) is 0 Å². The second kappa shape index (κ2) is 9.51. The van der Waals surface area contributed by atoms with Gasteiger partial charge in [0.15, 0.2) is 0 Å². The molecule has 1 fully saturated rings. The van der Waals surface area contributed by atoms with Crippen molar-refractivity contribution in [3.8, 4) is 6.07 Å². The van der Waals surface area contributed by atoms with Crippen molar-refractivity contribution in [3.63, 3.8) is 0 Å². The molecule has 9 heteroatoms. The fourth-order valence-electron chi connectivity index (χ4n) is 3.91. The topological polar surface area (TPSA) is 91.5 Å². The van der Waals surface area contributed by atoms with E-state index in [1.165, 1.54) is 12.1 Å². The van der Waals surface area contributed by atoms with E-state index in [2.05, 4.69) is 68.7 Å². The number of hydrogen-bond acceptors (Lipinski definition) is 6. The molecule has 4 aromatic rings. The quantitative estimate of drug-likeness (QED) is 0.270. The number of nitrogens with one attached hydrogen (secondary N) is 2. The van der Waals surface area contributed by atoms with Crippen LogP contribution < -0.4 is 10.6 Å². The van der Waals surface area contributed by atoms with Gasteiger partial charge in [-0.05, 0) is 64.0 Å².